The minimum absolute atomic E-state index is 0.373. The standard InChI is InChI=1S/C21H35N3O2S/c1-4-22-21(23-12-17-27-20-8-6-18(2)7-9-20)24-13-10-19(11-14-24)26-16-5-15-25-3/h6-9,19H,4-5,10-17H2,1-3H3,(H,22,23). The van der Waals surface area contributed by atoms with E-state index in [0.717, 1.165) is 70.4 Å². The van der Waals surface area contributed by atoms with Gasteiger partial charge < -0.3 is 19.7 Å². The maximum atomic E-state index is 5.96. The molecule has 0 aliphatic carbocycles. The Kier molecular flexibility index (Phi) is 10.6. The molecule has 0 saturated carbocycles. The Bertz CT molecular complexity index is 543. The lowest BCUT2D eigenvalue weighted by Crippen LogP contribution is -2.47. The maximum absolute atomic E-state index is 5.96. The van der Waals surface area contributed by atoms with Crippen LogP contribution in [0.4, 0.5) is 0 Å². The highest BCUT2D eigenvalue weighted by molar-refractivity contribution is 7.99. The number of aliphatic imine (C=N–C) groups is 1. The first kappa shape index (κ1) is 22.1. The summed E-state index contributed by atoms with van der Waals surface area (Å²) in [5.74, 6) is 2.04. The molecule has 5 nitrogen and oxygen atoms in total. The normalized spacial score (nSPS) is 16.0. The van der Waals surface area contributed by atoms with Gasteiger partial charge in [-0.1, -0.05) is 17.7 Å². The first-order chi connectivity index (χ1) is 13.2. The van der Waals surface area contributed by atoms with Crippen LogP contribution in [0.25, 0.3) is 0 Å². The molecule has 2 rings (SSSR count). The Labute approximate surface area is 168 Å². The minimum atomic E-state index is 0.373. The summed E-state index contributed by atoms with van der Waals surface area (Å²) in [6.45, 7) is 9.56. The van der Waals surface area contributed by atoms with Crippen LogP contribution in [-0.4, -0.2) is 69.2 Å². The summed E-state index contributed by atoms with van der Waals surface area (Å²) in [5, 5.41) is 3.44. The van der Waals surface area contributed by atoms with Crippen LogP contribution in [-0.2, 0) is 9.47 Å². The van der Waals surface area contributed by atoms with Gasteiger partial charge in [0.25, 0.3) is 0 Å². The number of ether oxygens (including phenoxy) is 2. The predicted molar refractivity (Wildman–Crippen MR) is 115 cm³/mol. The topological polar surface area (TPSA) is 46.1 Å². The highest BCUT2D eigenvalue weighted by atomic mass is 32.2. The van der Waals surface area contributed by atoms with Gasteiger partial charge in [0, 0.05) is 50.6 Å². The smallest absolute Gasteiger partial charge is 0.193 e. The second kappa shape index (κ2) is 13.0. The van der Waals surface area contributed by atoms with Crippen molar-refractivity contribution in [2.24, 2.45) is 4.99 Å². The molecule has 1 N–H and O–H groups in total. The van der Waals surface area contributed by atoms with Gasteiger partial charge in [-0.15, -0.1) is 11.8 Å². The number of nitrogens with zero attached hydrogens (tertiary/aromatic N) is 2. The Hall–Kier alpha value is -1.24. The molecule has 1 aromatic rings. The molecule has 27 heavy (non-hydrogen) atoms. The van der Waals surface area contributed by atoms with Gasteiger partial charge in [-0.25, -0.2) is 0 Å². The highest BCUT2D eigenvalue weighted by Crippen LogP contribution is 2.18. The van der Waals surface area contributed by atoms with Crippen LogP contribution < -0.4 is 5.32 Å². The lowest BCUT2D eigenvalue weighted by Gasteiger charge is -2.34. The van der Waals surface area contributed by atoms with Gasteiger partial charge >= 0.3 is 0 Å². The molecular formula is C21H35N3O2S. The van der Waals surface area contributed by atoms with Crippen LogP contribution >= 0.6 is 11.8 Å². The van der Waals surface area contributed by atoms with Gasteiger partial charge in [-0.3, -0.25) is 4.99 Å². The monoisotopic (exact) mass is 393 g/mol. The maximum Gasteiger partial charge on any atom is 0.193 e. The molecule has 0 spiro atoms. The third-order valence-electron chi connectivity index (χ3n) is 4.57. The predicted octanol–water partition coefficient (Wildman–Crippen LogP) is 3.57. The van der Waals surface area contributed by atoms with Crippen molar-refractivity contribution >= 4 is 17.7 Å². The first-order valence-corrected chi connectivity index (χ1v) is 11.0. The highest BCUT2D eigenvalue weighted by Gasteiger charge is 2.21. The second-order valence-electron chi connectivity index (χ2n) is 6.80. The van der Waals surface area contributed by atoms with E-state index in [2.05, 4.69) is 48.3 Å². The van der Waals surface area contributed by atoms with Gasteiger partial charge in [0.05, 0.1) is 12.6 Å². The molecule has 1 fully saturated rings. The molecule has 1 saturated heterocycles. The summed E-state index contributed by atoms with van der Waals surface area (Å²) >= 11 is 1.87. The van der Waals surface area contributed by atoms with Crippen molar-refractivity contribution in [2.75, 3.05) is 52.3 Å². The van der Waals surface area contributed by atoms with Crippen LogP contribution in [0.5, 0.6) is 0 Å². The Balaban J connectivity index is 1.72. The largest absolute Gasteiger partial charge is 0.385 e. The van der Waals surface area contributed by atoms with E-state index in [-0.39, 0.29) is 0 Å². The number of benzene rings is 1. The fraction of sp³-hybridized carbons (Fsp3) is 0.667. The molecular weight excluding hydrogens is 358 g/mol. The van der Waals surface area contributed by atoms with Crippen LogP contribution in [0.3, 0.4) is 0 Å². The average Bonchev–Trinajstić information content (AvgIpc) is 2.69. The number of hydrogen-bond acceptors (Lipinski definition) is 4. The summed E-state index contributed by atoms with van der Waals surface area (Å²) in [7, 11) is 1.74. The van der Waals surface area contributed by atoms with Crippen LogP contribution in [0.2, 0.25) is 0 Å². The van der Waals surface area contributed by atoms with E-state index in [1.807, 2.05) is 11.8 Å². The van der Waals surface area contributed by atoms with E-state index in [0.29, 0.717) is 6.10 Å². The van der Waals surface area contributed by atoms with Gasteiger partial charge in [0.1, 0.15) is 0 Å². The fourth-order valence-corrected chi connectivity index (χ4v) is 3.81. The number of piperidine rings is 1. The number of aryl methyl sites for hydroxylation is 1. The van der Waals surface area contributed by atoms with E-state index in [4.69, 9.17) is 14.5 Å². The molecule has 152 valence electrons. The quantitative estimate of drug-likeness (QED) is 0.285. The lowest BCUT2D eigenvalue weighted by molar-refractivity contribution is 0.00991. The van der Waals surface area contributed by atoms with Crippen molar-refractivity contribution < 1.29 is 9.47 Å². The summed E-state index contributed by atoms with van der Waals surface area (Å²) in [6.07, 6.45) is 3.47. The summed E-state index contributed by atoms with van der Waals surface area (Å²) < 4.78 is 11.0. The Morgan fingerprint density at radius 1 is 1.22 bits per heavy atom. The third kappa shape index (κ3) is 8.54. The minimum Gasteiger partial charge on any atom is -0.385 e. The zero-order valence-corrected chi connectivity index (χ0v) is 17.9. The molecule has 0 aromatic heterocycles. The lowest BCUT2D eigenvalue weighted by atomic mass is 10.1. The number of likely N-dealkylation sites (tertiary alicyclic amines) is 1. The number of methoxy groups -OCH3 is 1. The first-order valence-electron chi connectivity index (χ1n) is 10.1. The Morgan fingerprint density at radius 3 is 2.63 bits per heavy atom. The van der Waals surface area contributed by atoms with Gasteiger partial charge in [-0.2, -0.15) is 0 Å². The van der Waals surface area contributed by atoms with Crippen molar-refractivity contribution in [3.05, 3.63) is 29.8 Å². The van der Waals surface area contributed by atoms with E-state index < -0.39 is 0 Å². The van der Waals surface area contributed by atoms with E-state index in [1.54, 1.807) is 7.11 Å². The average molecular weight is 394 g/mol. The molecule has 0 amide bonds. The Morgan fingerprint density at radius 2 is 1.96 bits per heavy atom. The summed E-state index contributed by atoms with van der Waals surface area (Å²) in [6, 6.07) is 8.70. The molecule has 0 radical (unpaired) electrons. The van der Waals surface area contributed by atoms with E-state index in [9.17, 15) is 0 Å². The van der Waals surface area contributed by atoms with Crippen molar-refractivity contribution in [2.45, 2.75) is 44.1 Å². The van der Waals surface area contributed by atoms with E-state index >= 15 is 0 Å². The van der Waals surface area contributed by atoms with Gasteiger partial charge in [-0.05, 0) is 45.2 Å². The van der Waals surface area contributed by atoms with Gasteiger partial charge in [0.2, 0.25) is 0 Å². The number of thioether (sulfide) groups is 1. The molecule has 1 aliphatic rings. The van der Waals surface area contributed by atoms with E-state index in [1.165, 1.54) is 10.5 Å². The van der Waals surface area contributed by atoms with Crippen molar-refractivity contribution in [3.8, 4) is 0 Å². The van der Waals surface area contributed by atoms with Crippen LogP contribution in [0.1, 0.15) is 31.7 Å². The van der Waals surface area contributed by atoms with Crippen molar-refractivity contribution in [3.63, 3.8) is 0 Å². The molecule has 0 bridgehead atoms. The molecule has 1 aromatic carbocycles. The molecule has 0 atom stereocenters. The fourth-order valence-electron chi connectivity index (χ4n) is 3.06. The molecule has 0 unspecified atom stereocenters. The van der Waals surface area contributed by atoms with Crippen LogP contribution in [0.15, 0.2) is 34.2 Å². The van der Waals surface area contributed by atoms with Crippen molar-refractivity contribution in [1.82, 2.24) is 10.2 Å². The van der Waals surface area contributed by atoms with Crippen LogP contribution in [0, 0.1) is 6.92 Å². The zero-order valence-electron chi connectivity index (χ0n) is 17.1. The van der Waals surface area contributed by atoms with Crippen molar-refractivity contribution in [1.29, 1.82) is 0 Å². The molecule has 1 aliphatic heterocycles. The zero-order chi connectivity index (χ0) is 19.3. The number of hydrogen-bond donors (Lipinski definition) is 1. The summed E-state index contributed by atoms with van der Waals surface area (Å²) in [4.78, 5) is 8.52. The number of rotatable bonds is 10. The third-order valence-corrected chi connectivity index (χ3v) is 5.56. The SMILES string of the molecule is CCNC(=NCCSc1ccc(C)cc1)N1CCC(OCCCOC)CC1. The van der Waals surface area contributed by atoms with Gasteiger partial charge in [0.15, 0.2) is 5.96 Å². The molecule has 1 heterocycles. The summed E-state index contributed by atoms with van der Waals surface area (Å²) in [5.41, 5.74) is 1.30. The number of nitrogens with one attached hydrogen (secondary N) is 1. The molecule has 6 heteroatoms. The number of guanidine groups is 1. The second-order valence-corrected chi connectivity index (χ2v) is 7.97.